The first-order valence-electron chi connectivity index (χ1n) is 11.4. The lowest BCUT2D eigenvalue weighted by molar-refractivity contribution is -0.119. The van der Waals surface area contributed by atoms with Crippen molar-refractivity contribution < 1.29 is 18.0 Å². The highest BCUT2D eigenvalue weighted by Gasteiger charge is 2.36. The highest BCUT2D eigenvalue weighted by Crippen LogP contribution is 2.39. The third kappa shape index (κ3) is 4.31. The Morgan fingerprint density at radius 3 is 2.33 bits per heavy atom. The van der Waals surface area contributed by atoms with Gasteiger partial charge in [0.1, 0.15) is 6.04 Å². The van der Waals surface area contributed by atoms with Crippen LogP contribution in [0.4, 0.5) is 11.4 Å². The largest absolute Gasteiger partial charge is 0.306 e. The van der Waals surface area contributed by atoms with Crippen molar-refractivity contribution in [2.75, 3.05) is 22.6 Å². The summed E-state index contributed by atoms with van der Waals surface area (Å²) >= 11 is 6.10. The summed E-state index contributed by atoms with van der Waals surface area (Å²) < 4.78 is 23.7. The van der Waals surface area contributed by atoms with Crippen LogP contribution in [-0.4, -0.2) is 45.1 Å². The molecule has 9 heteroatoms. The number of anilines is 2. The summed E-state index contributed by atoms with van der Waals surface area (Å²) in [6, 6.07) is 16.6. The maximum atomic E-state index is 13.7. The van der Waals surface area contributed by atoms with E-state index >= 15 is 0 Å². The minimum Gasteiger partial charge on any atom is -0.306 e. The second-order valence-electron chi connectivity index (χ2n) is 9.13. The number of carbonyl (C=O) groups is 2. The maximum Gasteiger partial charge on any atom is 0.255 e. The molecule has 5 rings (SSSR count). The number of halogens is 1. The second kappa shape index (κ2) is 8.87. The smallest absolute Gasteiger partial charge is 0.255 e. The van der Waals surface area contributed by atoms with Gasteiger partial charge < -0.3 is 9.80 Å². The van der Waals surface area contributed by atoms with E-state index < -0.39 is 15.9 Å². The average Bonchev–Trinajstić information content (AvgIpc) is 3.25. The monoisotopic (exact) mass is 521 g/mol. The molecule has 0 radical (unpaired) electrons. The molecule has 184 valence electrons. The molecule has 2 aliphatic rings. The summed E-state index contributed by atoms with van der Waals surface area (Å²) in [6.45, 7) is 3.74. The Bertz CT molecular complexity index is 1630. The van der Waals surface area contributed by atoms with Crippen LogP contribution < -0.4 is 20.4 Å². The number of sulfone groups is 1. The number of nitrogens with zero attached hydrogens (tertiary/aromatic N) is 3. The first-order chi connectivity index (χ1) is 17.0. The van der Waals surface area contributed by atoms with Crippen molar-refractivity contribution in [2.24, 2.45) is 4.99 Å². The van der Waals surface area contributed by atoms with Crippen LogP contribution >= 0.6 is 11.6 Å². The standard InChI is InChI=1S/C27H24ClN3O4S/c1-16-15-30(27(33)24-12-20-4-8-21(28)14-23(20)29-24)26-13-19(7-11-25(26)31(16)17(2)32)18-5-9-22(10-6-18)36(3,34)35/h4-14,16,24H,15H2,1-3H3/t16-,24?/m0/s1. The Kier molecular flexibility index (Phi) is 5.97. The highest BCUT2D eigenvalue weighted by molar-refractivity contribution is 7.90. The number of hydrogen-bond donors (Lipinski definition) is 0. The fraction of sp³-hybridized carbons (Fsp3) is 0.222. The Morgan fingerprint density at radius 2 is 1.67 bits per heavy atom. The Morgan fingerprint density at radius 1 is 0.972 bits per heavy atom. The van der Waals surface area contributed by atoms with Crippen LogP contribution in [0.15, 0.2) is 70.6 Å². The summed E-state index contributed by atoms with van der Waals surface area (Å²) in [5.41, 5.74) is 2.84. The molecule has 0 aromatic heterocycles. The summed E-state index contributed by atoms with van der Waals surface area (Å²) in [7, 11) is -3.31. The minimum atomic E-state index is -3.31. The average molecular weight is 522 g/mol. The first-order valence-corrected chi connectivity index (χ1v) is 13.7. The van der Waals surface area contributed by atoms with E-state index in [9.17, 15) is 18.0 Å². The predicted octanol–water partition coefficient (Wildman–Crippen LogP) is 2.98. The van der Waals surface area contributed by atoms with E-state index in [1.807, 2.05) is 37.3 Å². The maximum absolute atomic E-state index is 13.7. The van der Waals surface area contributed by atoms with E-state index in [0.29, 0.717) is 28.3 Å². The van der Waals surface area contributed by atoms with Gasteiger partial charge in [0.05, 0.1) is 27.7 Å². The summed E-state index contributed by atoms with van der Waals surface area (Å²) in [5, 5.41) is 2.09. The third-order valence-corrected chi connectivity index (χ3v) is 7.86. The molecule has 2 atom stereocenters. The van der Waals surface area contributed by atoms with Gasteiger partial charge in [0.15, 0.2) is 9.84 Å². The van der Waals surface area contributed by atoms with Gasteiger partial charge in [-0.25, -0.2) is 8.42 Å². The van der Waals surface area contributed by atoms with Crippen LogP contribution in [0.3, 0.4) is 0 Å². The van der Waals surface area contributed by atoms with Crippen molar-refractivity contribution in [1.82, 2.24) is 0 Å². The van der Waals surface area contributed by atoms with Gasteiger partial charge in [0, 0.05) is 24.7 Å². The molecule has 0 saturated carbocycles. The van der Waals surface area contributed by atoms with Crippen molar-refractivity contribution in [1.29, 1.82) is 0 Å². The van der Waals surface area contributed by atoms with Crippen LogP contribution in [0, 0.1) is 0 Å². The van der Waals surface area contributed by atoms with E-state index in [4.69, 9.17) is 11.6 Å². The molecule has 0 N–H and O–H groups in total. The zero-order valence-corrected chi connectivity index (χ0v) is 21.5. The lowest BCUT2D eigenvalue weighted by atomic mass is 10.00. The van der Waals surface area contributed by atoms with Gasteiger partial charge in [0.2, 0.25) is 5.91 Å². The molecule has 3 aromatic carbocycles. The lowest BCUT2D eigenvalue weighted by Crippen LogP contribution is -2.53. The second-order valence-corrected chi connectivity index (χ2v) is 11.6. The van der Waals surface area contributed by atoms with Crippen molar-refractivity contribution >= 4 is 50.7 Å². The van der Waals surface area contributed by atoms with E-state index in [0.717, 1.165) is 16.3 Å². The molecular formula is C27H24ClN3O4S. The summed E-state index contributed by atoms with van der Waals surface area (Å²) in [4.78, 5) is 34.4. The molecule has 0 spiro atoms. The lowest BCUT2D eigenvalue weighted by Gasteiger charge is -2.41. The van der Waals surface area contributed by atoms with Gasteiger partial charge in [-0.1, -0.05) is 35.9 Å². The molecule has 0 saturated heterocycles. The van der Waals surface area contributed by atoms with Gasteiger partial charge in [-0.2, -0.15) is 0 Å². The molecule has 36 heavy (non-hydrogen) atoms. The number of fused-ring (bicyclic) bond motifs is 2. The molecule has 2 amide bonds. The van der Waals surface area contributed by atoms with Crippen molar-refractivity contribution in [2.45, 2.75) is 30.8 Å². The van der Waals surface area contributed by atoms with Gasteiger partial charge in [-0.05, 0) is 65.7 Å². The third-order valence-electron chi connectivity index (χ3n) is 6.50. The van der Waals surface area contributed by atoms with Gasteiger partial charge >= 0.3 is 0 Å². The minimum absolute atomic E-state index is 0.111. The van der Waals surface area contributed by atoms with Crippen LogP contribution in [-0.2, 0) is 19.4 Å². The van der Waals surface area contributed by atoms with Crippen LogP contribution in [0.2, 0.25) is 5.02 Å². The molecule has 7 nitrogen and oxygen atoms in total. The van der Waals surface area contributed by atoms with Crippen molar-refractivity contribution in [3.63, 3.8) is 0 Å². The number of benzene rings is 3. The van der Waals surface area contributed by atoms with Crippen LogP contribution in [0.1, 0.15) is 13.8 Å². The van der Waals surface area contributed by atoms with Crippen molar-refractivity contribution in [3.05, 3.63) is 76.3 Å². The zero-order valence-electron chi connectivity index (χ0n) is 20.0. The Labute approximate surface area is 214 Å². The fourth-order valence-corrected chi connectivity index (χ4v) is 5.60. The molecule has 2 heterocycles. The normalized spacial score (nSPS) is 18.7. The van der Waals surface area contributed by atoms with Gasteiger partial charge in [-0.3, -0.25) is 14.6 Å². The SMILES string of the molecule is CC(=O)N1c2ccc(-c3ccc(S(C)(=O)=O)cc3)cc2N(C(=O)C2C=c3ccc(Cl)cc3=N2)C[C@@H]1C. The Balaban J connectivity index is 1.58. The molecule has 1 unspecified atom stereocenters. The molecular weight excluding hydrogens is 498 g/mol. The summed E-state index contributed by atoms with van der Waals surface area (Å²) in [6.07, 6.45) is 2.99. The fourth-order valence-electron chi connectivity index (χ4n) is 4.80. The first kappa shape index (κ1) is 24.2. The molecule has 3 aromatic rings. The van der Waals surface area contributed by atoms with E-state index in [1.54, 1.807) is 46.2 Å². The molecule has 2 aliphatic heterocycles. The van der Waals surface area contributed by atoms with Crippen LogP contribution in [0.5, 0.6) is 0 Å². The highest BCUT2D eigenvalue weighted by atomic mass is 35.5. The quantitative estimate of drug-likeness (QED) is 0.530. The number of hydrogen-bond acceptors (Lipinski definition) is 5. The van der Waals surface area contributed by atoms with Crippen LogP contribution in [0.25, 0.3) is 17.2 Å². The zero-order chi connectivity index (χ0) is 25.8. The number of amides is 2. The molecule has 0 fully saturated rings. The van der Waals surface area contributed by atoms with Gasteiger partial charge in [0.25, 0.3) is 5.91 Å². The number of rotatable bonds is 3. The number of carbonyl (C=O) groups excluding carboxylic acids is 2. The molecule has 0 aliphatic carbocycles. The van der Waals surface area contributed by atoms with Crippen molar-refractivity contribution in [3.8, 4) is 11.1 Å². The van der Waals surface area contributed by atoms with E-state index in [2.05, 4.69) is 4.99 Å². The summed E-state index contributed by atoms with van der Waals surface area (Å²) in [5.74, 6) is -0.302. The van der Waals surface area contributed by atoms with E-state index in [-0.39, 0.29) is 22.8 Å². The molecule has 0 bridgehead atoms. The topological polar surface area (TPSA) is 87.1 Å². The predicted molar refractivity (Wildman–Crippen MR) is 140 cm³/mol. The van der Waals surface area contributed by atoms with Gasteiger partial charge in [-0.15, -0.1) is 0 Å². The van der Waals surface area contributed by atoms with E-state index in [1.165, 1.54) is 13.2 Å². The Hall–Kier alpha value is -3.49.